The van der Waals surface area contributed by atoms with Gasteiger partial charge in [0.2, 0.25) is 0 Å². The van der Waals surface area contributed by atoms with Gasteiger partial charge in [0.05, 0.1) is 21.9 Å². The molecule has 13 heteroatoms. The van der Waals surface area contributed by atoms with Crippen molar-refractivity contribution in [2.75, 3.05) is 26.2 Å². The van der Waals surface area contributed by atoms with Gasteiger partial charge in [-0.25, -0.2) is 4.79 Å². The van der Waals surface area contributed by atoms with Crippen molar-refractivity contribution in [1.29, 1.82) is 0 Å². The molecule has 4 aromatic rings. The Morgan fingerprint density at radius 3 is 1.94 bits per heavy atom. The number of aliphatic hydroxyl groups is 1. The first-order chi connectivity index (χ1) is 25.1. The molecule has 0 spiro atoms. The molecule has 0 fully saturated rings. The van der Waals surface area contributed by atoms with E-state index in [1.807, 2.05) is 69.0 Å². The number of aliphatic hydroxyl groups excluding tert-OH is 1. The second-order valence-electron chi connectivity index (χ2n) is 14.1. The first-order valence-electron chi connectivity index (χ1n) is 17.5. The molecular formula is C40H48F3N5O5. The van der Waals surface area contributed by atoms with Crippen LogP contribution in [0, 0.1) is 17.0 Å². The highest BCUT2D eigenvalue weighted by molar-refractivity contribution is 5.68. The van der Waals surface area contributed by atoms with E-state index in [-0.39, 0.29) is 31.9 Å². The van der Waals surface area contributed by atoms with E-state index in [9.17, 15) is 33.2 Å². The summed E-state index contributed by atoms with van der Waals surface area (Å²) >= 11 is 0. The highest BCUT2D eigenvalue weighted by Gasteiger charge is 2.30. The molecule has 0 aliphatic carbocycles. The molecule has 1 amide bonds. The largest absolute Gasteiger partial charge is 0.444 e. The van der Waals surface area contributed by atoms with Gasteiger partial charge < -0.3 is 14.7 Å². The Morgan fingerprint density at radius 1 is 0.774 bits per heavy atom. The molecule has 53 heavy (non-hydrogen) atoms. The number of aryl methyl sites for hydroxylation is 1. The zero-order chi connectivity index (χ0) is 38.6. The number of nitro benzene ring substituents is 1. The standard InChI is InChI=1S/C40H48F3N5O5/c1-30-10-5-11-31(22-30)25-45(19-20-47(18-9-21-49)38(50)53-39(2,3)4)28-35-15-8-16-36(44-35)29-46(27-33-13-7-17-37(24-33)48(51)52)26-32-12-6-14-34(23-32)40(41,42)43/h5-8,10-17,22-24,49H,9,18-21,25-29H2,1-4H3. The predicted molar refractivity (Wildman–Crippen MR) is 197 cm³/mol. The summed E-state index contributed by atoms with van der Waals surface area (Å²) in [7, 11) is 0. The zero-order valence-corrected chi connectivity index (χ0v) is 30.7. The number of ether oxygens (including phenoxy) is 1. The number of halogens is 3. The van der Waals surface area contributed by atoms with E-state index in [2.05, 4.69) is 11.0 Å². The van der Waals surface area contributed by atoms with Gasteiger partial charge in [-0.15, -0.1) is 0 Å². The number of nitrogens with zero attached hydrogens (tertiary/aromatic N) is 5. The smallest absolute Gasteiger partial charge is 0.416 e. The SMILES string of the molecule is Cc1cccc(CN(CCN(CCCO)C(=O)OC(C)(C)C)Cc2cccc(CN(Cc3cccc([N+](=O)[O-])c3)Cc3cccc(C(F)(F)F)c3)n2)c1. The fourth-order valence-corrected chi connectivity index (χ4v) is 5.89. The lowest BCUT2D eigenvalue weighted by Gasteiger charge is -2.30. The normalized spacial score (nSPS) is 12.0. The van der Waals surface area contributed by atoms with Gasteiger partial charge in [0, 0.05) is 71.1 Å². The van der Waals surface area contributed by atoms with Crippen molar-refractivity contribution in [3.63, 3.8) is 0 Å². The summed E-state index contributed by atoms with van der Waals surface area (Å²) in [5, 5.41) is 20.9. The fraction of sp³-hybridized carbons (Fsp3) is 0.400. The van der Waals surface area contributed by atoms with Gasteiger partial charge in [-0.05, 0) is 69.0 Å². The highest BCUT2D eigenvalue weighted by Crippen LogP contribution is 2.30. The number of non-ortho nitro benzene ring substituents is 1. The van der Waals surface area contributed by atoms with Crippen molar-refractivity contribution in [2.24, 2.45) is 0 Å². The average molecular weight is 736 g/mol. The number of benzene rings is 3. The summed E-state index contributed by atoms with van der Waals surface area (Å²) < 4.78 is 46.3. The molecule has 3 aromatic carbocycles. The van der Waals surface area contributed by atoms with Crippen LogP contribution < -0.4 is 0 Å². The Morgan fingerprint density at radius 2 is 1.34 bits per heavy atom. The van der Waals surface area contributed by atoms with Crippen molar-refractivity contribution >= 4 is 11.8 Å². The molecule has 0 aliphatic heterocycles. The van der Waals surface area contributed by atoms with E-state index >= 15 is 0 Å². The lowest BCUT2D eigenvalue weighted by Crippen LogP contribution is -2.42. The van der Waals surface area contributed by atoms with Crippen LogP contribution in [0.4, 0.5) is 23.7 Å². The van der Waals surface area contributed by atoms with Gasteiger partial charge in [0.1, 0.15) is 5.60 Å². The first-order valence-corrected chi connectivity index (χ1v) is 17.5. The Kier molecular flexibility index (Phi) is 14.5. The summed E-state index contributed by atoms with van der Waals surface area (Å²) in [5.74, 6) is 0. The minimum atomic E-state index is -4.50. The van der Waals surface area contributed by atoms with Crippen LogP contribution in [0.25, 0.3) is 0 Å². The molecule has 0 atom stereocenters. The van der Waals surface area contributed by atoms with Gasteiger partial charge >= 0.3 is 12.3 Å². The van der Waals surface area contributed by atoms with E-state index in [4.69, 9.17) is 9.72 Å². The van der Waals surface area contributed by atoms with Crippen LogP contribution in [-0.2, 0) is 43.6 Å². The third kappa shape index (κ3) is 13.9. The van der Waals surface area contributed by atoms with Gasteiger partial charge in [0.25, 0.3) is 5.69 Å². The first kappa shape index (κ1) is 40.9. The third-order valence-corrected chi connectivity index (χ3v) is 8.24. The molecule has 4 rings (SSSR count). The topological polar surface area (TPSA) is 112 Å². The van der Waals surface area contributed by atoms with Crippen LogP contribution >= 0.6 is 0 Å². The van der Waals surface area contributed by atoms with Crippen LogP contribution in [0.15, 0.2) is 91.0 Å². The number of pyridine rings is 1. The van der Waals surface area contributed by atoms with E-state index in [0.717, 1.165) is 29.0 Å². The number of hydrogen-bond acceptors (Lipinski definition) is 8. The van der Waals surface area contributed by atoms with Crippen molar-refractivity contribution in [3.05, 3.63) is 140 Å². The molecular weight excluding hydrogens is 687 g/mol. The molecule has 1 heterocycles. The quantitative estimate of drug-likeness (QED) is 0.0855. The molecule has 0 saturated carbocycles. The third-order valence-electron chi connectivity index (χ3n) is 8.24. The van der Waals surface area contributed by atoms with Crippen molar-refractivity contribution in [1.82, 2.24) is 19.7 Å². The molecule has 0 bridgehead atoms. The maximum atomic E-state index is 13.6. The summed E-state index contributed by atoms with van der Waals surface area (Å²) in [6.07, 6.45) is -4.54. The van der Waals surface area contributed by atoms with Crippen LogP contribution in [0.2, 0.25) is 0 Å². The number of alkyl halides is 3. The summed E-state index contributed by atoms with van der Waals surface area (Å²) in [4.78, 5) is 34.7. The zero-order valence-electron chi connectivity index (χ0n) is 30.7. The predicted octanol–water partition coefficient (Wildman–Crippen LogP) is 8.14. The Bertz CT molecular complexity index is 1810. The minimum Gasteiger partial charge on any atom is -0.444 e. The lowest BCUT2D eigenvalue weighted by atomic mass is 10.1. The number of carbonyl (C=O) groups excluding carboxylic acids is 1. The number of carbonyl (C=O) groups is 1. The van der Waals surface area contributed by atoms with Gasteiger partial charge in [-0.2, -0.15) is 13.2 Å². The lowest BCUT2D eigenvalue weighted by molar-refractivity contribution is -0.384. The monoisotopic (exact) mass is 735 g/mol. The molecule has 0 saturated heterocycles. The van der Waals surface area contributed by atoms with Crippen LogP contribution in [-0.4, -0.2) is 67.6 Å². The number of hydrogen-bond donors (Lipinski definition) is 1. The molecule has 284 valence electrons. The highest BCUT2D eigenvalue weighted by atomic mass is 19.4. The molecule has 0 aliphatic rings. The summed E-state index contributed by atoms with van der Waals surface area (Å²) in [5.41, 5.74) is 3.22. The van der Waals surface area contributed by atoms with Gasteiger partial charge in [0.15, 0.2) is 0 Å². The Labute approximate surface area is 309 Å². The number of rotatable bonds is 17. The Balaban J connectivity index is 1.59. The Hall–Kier alpha value is -4.85. The molecule has 1 aromatic heterocycles. The van der Waals surface area contributed by atoms with E-state index in [1.165, 1.54) is 18.2 Å². The molecule has 1 N–H and O–H groups in total. The maximum absolute atomic E-state index is 13.6. The van der Waals surface area contributed by atoms with Crippen molar-refractivity contribution in [2.45, 2.75) is 78.6 Å². The molecule has 0 radical (unpaired) electrons. The minimum absolute atomic E-state index is 0.0606. The average Bonchev–Trinajstić information content (AvgIpc) is 3.07. The van der Waals surface area contributed by atoms with Gasteiger partial charge in [-0.1, -0.05) is 66.2 Å². The van der Waals surface area contributed by atoms with Crippen molar-refractivity contribution in [3.8, 4) is 0 Å². The van der Waals surface area contributed by atoms with E-state index < -0.39 is 28.4 Å². The number of aromatic nitrogens is 1. The molecule has 10 nitrogen and oxygen atoms in total. The maximum Gasteiger partial charge on any atom is 0.416 e. The van der Waals surface area contributed by atoms with Gasteiger partial charge in [-0.3, -0.25) is 24.9 Å². The summed E-state index contributed by atoms with van der Waals surface area (Å²) in [6, 6.07) is 25.2. The van der Waals surface area contributed by atoms with Crippen molar-refractivity contribution < 1.29 is 32.7 Å². The number of amides is 1. The second kappa shape index (κ2) is 18.8. The second-order valence-corrected chi connectivity index (χ2v) is 14.1. The van der Waals surface area contributed by atoms with E-state index in [0.29, 0.717) is 56.0 Å². The van der Waals surface area contributed by atoms with Crippen LogP contribution in [0.1, 0.15) is 66.4 Å². The van der Waals surface area contributed by atoms with Crippen LogP contribution in [0.5, 0.6) is 0 Å². The van der Waals surface area contributed by atoms with E-state index in [1.54, 1.807) is 23.1 Å². The summed E-state index contributed by atoms with van der Waals surface area (Å²) in [6.45, 7) is 10.2. The van der Waals surface area contributed by atoms with Crippen LogP contribution in [0.3, 0.4) is 0 Å². The molecule has 0 unspecified atom stereocenters. The fourth-order valence-electron chi connectivity index (χ4n) is 5.89. The number of nitro groups is 1.